The maximum Gasteiger partial charge on any atom is 0.250 e. The molecule has 1 N–H and O–H groups in total. The zero-order valence-electron chi connectivity index (χ0n) is 7.84. The van der Waals surface area contributed by atoms with Gasteiger partial charge in [0.15, 0.2) is 0 Å². The highest BCUT2D eigenvalue weighted by Gasteiger charge is 2.02. The zero-order valence-corrected chi connectivity index (χ0v) is 7.84. The Bertz CT molecular complexity index is 281. The number of pyridine rings is 1. The Morgan fingerprint density at radius 3 is 2.93 bits per heavy atom. The lowest BCUT2D eigenvalue weighted by Gasteiger charge is -2.04. The minimum atomic E-state index is -2.33. The maximum atomic E-state index is 11.8. The number of nitrogens with zero attached hydrogens (tertiary/aromatic N) is 1. The first kappa shape index (κ1) is 10.8. The molecule has 0 radical (unpaired) electrons. The van der Waals surface area contributed by atoms with E-state index in [4.69, 9.17) is 4.74 Å². The van der Waals surface area contributed by atoms with Crippen LogP contribution in [0.25, 0.3) is 0 Å². The molecule has 0 saturated carbocycles. The van der Waals surface area contributed by atoms with Crippen LogP contribution < -0.4 is 10.1 Å². The van der Waals surface area contributed by atoms with Gasteiger partial charge in [0.2, 0.25) is 5.88 Å². The van der Waals surface area contributed by atoms with Gasteiger partial charge < -0.3 is 10.1 Å². The van der Waals surface area contributed by atoms with E-state index in [-0.39, 0.29) is 6.54 Å². The average molecular weight is 202 g/mol. The molecular weight excluding hydrogens is 190 g/mol. The van der Waals surface area contributed by atoms with Gasteiger partial charge in [0.1, 0.15) is 0 Å². The van der Waals surface area contributed by atoms with Gasteiger partial charge in [-0.15, -0.1) is 0 Å². The first-order valence-electron chi connectivity index (χ1n) is 4.21. The van der Waals surface area contributed by atoms with Crippen LogP contribution in [-0.4, -0.2) is 25.1 Å². The summed E-state index contributed by atoms with van der Waals surface area (Å²) >= 11 is 0. The van der Waals surface area contributed by atoms with Crippen molar-refractivity contribution in [2.45, 2.75) is 13.0 Å². The Balaban J connectivity index is 2.42. The number of ether oxygens (including phenoxy) is 1. The van der Waals surface area contributed by atoms with Gasteiger partial charge in [-0.2, -0.15) is 0 Å². The van der Waals surface area contributed by atoms with Crippen molar-refractivity contribution < 1.29 is 13.5 Å². The van der Waals surface area contributed by atoms with Gasteiger partial charge >= 0.3 is 0 Å². The number of methoxy groups -OCH3 is 1. The van der Waals surface area contributed by atoms with Gasteiger partial charge in [0.05, 0.1) is 19.3 Å². The summed E-state index contributed by atoms with van der Waals surface area (Å²) in [4.78, 5) is 4.06. The van der Waals surface area contributed by atoms with Crippen LogP contribution in [0.2, 0.25) is 0 Å². The Hall–Kier alpha value is -1.23. The summed E-state index contributed by atoms with van der Waals surface area (Å²) in [6.07, 6.45) is -2.33. The molecule has 0 aromatic carbocycles. The molecule has 1 aromatic heterocycles. The van der Waals surface area contributed by atoms with Gasteiger partial charge in [-0.05, 0) is 6.07 Å². The molecule has 1 rings (SSSR count). The highest BCUT2D eigenvalue weighted by Crippen LogP contribution is 2.06. The van der Waals surface area contributed by atoms with Crippen LogP contribution >= 0.6 is 0 Å². The molecule has 78 valence electrons. The predicted molar refractivity (Wildman–Crippen MR) is 48.5 cm³/mol. The second-order valence-electron chi connectivity index (χ2n) is 2.69. The molecule has 5 heteroatoms. The fraction of sp³-hybridized carbons (Fsp3) is 0.444. The average Bonchev–Trinajstić information content (AvgIpc) is 2.18. The molecule has 0 aliphatic carbocycles. The zero-order chi connectivity index (χ0) is 10.4. The van der Waals surface area contributed by atoms with Crippen molar-refractivity contribution in [3.05, 3.63) is 23.9 Å². The van der Waals surface area contributed by atoms with Gasteiger partial charge in [0.25, 0.3) is 6.43 Å². The Morgan fingerprint density at radius 1 is 1.50 bits per heavy atom. The molecule has 0 aliphatic heterocycles. The third-order valence-corrected chi connectivity index (χ3v) is 1.60. The van der Waals surface area contributed by atoms with E-state index in [0.29, 0.717) is 18.1 Å². The molecule has 0 saturated heterocycles. The van der Waals surface area contributed by atoms with E-state index in [1.807, 2.05) is 0 Å². The van der Waals surface area contributed by atoms with Crippen molar-refractivity contribution >= 4 is 0 Å². The highest BCUT2D eigenvalue weighted by molar-refractivity contribution is 5.15. The minimum Gasteiger partial charge on any atom is -0.481 e. The van der Waals surface area contributed by atoms with E-state index in [9.17, 15) is 8.78 Å². The van der Waals surface area contributed by atoms with Gasteiger partial charge in [-0.1, -0.05) is 6.07 Å². The molecule has 1 heterocycles. The van der Waals surface area contributed by atoms with Crippen LogP contribution in [0.1, 0.15) is 5.69 Å². The Morgan fingerprint density at radius 2 is 2.29 bits per heavy atom. The second kappa shape index (κ2) is 5.49. The molecular formula is C9H12F2N2O. The largest absolute Gasteiger partial charge is 0.481 e. The second-order valence-corrected chi connectivity index (χ2v) is 2.69. The smallest absolute Gasteiger partial charge is 0.250 e. The highest BCUT2D eigenvalue weighted by atomic mass is 19.3. The molecule has 14 heavy (non-hydrogen) atoms. The van der Waals surface area contributed by atoms with Crippen molar-refractivity contribution in [2.75, 3.05) is 13.7 Å². The molecule has 0 atom stereocenters. The standard InChI is InChI=1S/C9H12F2N2O/c1-14-9-4-2-3-7(13-9)5-12-6-8(10)11/h2-4,8,12H,5-6H2,1H3. The molecule has 3 nitrogen and oxygen atoms in total. The van der Waals surface area contributed by atoms with Crippen LogP contribution in [0.3, 0.4) is 0 Å². The SMILES string of the molecule is COc1cccc(CNCC(F)F)n1. The number of hydrogen-bond donors (Lipinski definition) is 1. The molecule has 0 bridgehead atoms. The lowest BCUT2D eigenvalue weighted by molar-refractivity contribution is 0.145. The van der Waals surface area contributed by atoms with Crippen LogP contribution in [0, 0.1) is 0 Å². The quantitative estimate of drug-likeness (QED) is 0.784. The van der Waals surface area contributed by atoms with Gasteiger partial charge in [0, 0.05) is 12.6 Å². The summed E-state index contributed by atoms with van der Waals surface area (Å²) in [5, 5.41) is 2.58. The molecule has 0 spiro atoms. The summed E-state index contributed by atoms with van der Waals surface area (Å²) in [5.41, 5.74) is 0.685. The van der Waals surface area contributed by atoms with Crippen molar-refractivity contribution in [3.63, 3.8) is 0 Å². The van der Waals surface area contributed by atoms with Crippen molar-refractivity contribution in [3.8, 4) is 5.88 Å². The summed E-state index contributed by atoms with van der Waals surface area (Å²) in [7, 11) is 1.51. The van der Waals surface area contributed by atoms with E-state index in [1.165, 1.54) is 7.11 Å². The topological polar surface area (TPSA) is 34.1 Å². The number of rotatable bonds is 5. The van der Waals surface area contributed by atoms with Crippen molar-refractivity contribution in [1.82, 2.24) is 10.3 Å². The monoisotopic (exact) mass is 202 g/mol. The number of hydrogen-bond acceptors (Lipinski definition) is 3. The first-order valence-corrected chi connectivity index (χ1v) is 4.21. The lowest BCUT2D eigenvalue weighted by Crippen LogP contribution is -2.21. The van der Waals surface area contributed by atoms with E-state index in [1.54, 1.807) is 18.2 Å². The number of halogens is 2. The fourth-order valence-electron chi connectivity index (χ4n) is 0.979. The summed E-state index contributed by atoms with van der Waals surface area (Å²) < 4.78 is 28.4. The first-order chi connectivity index (χ1) is 6.72. The Kier molecular flexibility index (Phi) is 4.25. The van der Waals surface area contributed by atoms with Crippen LogP contribution in [0.15, 0.2) is 18.2 Å². The van der Waals surface area contributed by atoms with Crippen LogP contribution in [-0.2, 0) is 6.54 Å². The number of alkyl halides is 2. The molecule has 0 unspecified atom stereocenters. The normalized spacial score (nSPS) is 10.6. The molecule has 1 aromatic rings. The van der Waals surface area contributed by atoms with E-state index in [0.717, 1.165) is 0 Å². The number of nitrogens with one attached hydrogen (secondary N) is 1. The summed E-state index contributed by atoms with van der Waals surface area (Å²) in [5.74, 6) is 0.487. The summed E-state index contributed by atoms with van der Waals surface area (Å²) in [6.45, 7) is 0.000426. The third kappa shape index (κ3) is 3.66. The van der Waals surface area contributed by atoms with Gasteiger partial charge in [-0.25, -0.2) is 13.8 Å². The molecule has 0 amide bonds. The molecule has 0 aliphatic rings. The lowest BCUT2D eigenvalue weighted by atomic mass is 10.3. The molecule has 0 fully saturated rings. The fourth-order valence-corrected chi connectivity index (χ4v) is 0.979. The van der Waals surface area contributed by atoms with Crippen LogP contribution in [0.5, 0.6) is 5.88 Å². The van der Waals surface area contributed by atoms with Crippen molar-refractivity contribution in [1.29, 1.82) is 0 Å². The third-order valence-electron chi connectivity index (χ3n) is 1.60. The Labute approximate surface area is 81.1 Å². The predicted octanol–water partition coefficient (Wildman–Crippen LogP) is 1.44. The van der Waals surface area contributed by atoms with Crippen LogP contribution in [0.4, 0.5) is 8.78 Å². The van der Waals surface area contributed by atoms with E-state index < -0.39 is 6.43 Å². The number of aromatic nitrogens is 1. The summed E-state index contributed by atoms with van der Waals surface area (Å²) in [6, 6.07) is 5.23. The minimum absolute atomic E-state index is 0.321. The van der Waals surface area contributed by atoms with E-state index >= 15 is 0 Å². The maximum absolute atomic E-state index is 11.8. The van der Waals surface area contributed by atoms with E-state index in [2.05, 4.69) is 10.3 Å². The van der Waals surface area contributed by atoms with Crippen molar-refractivity contribution in [2.24, 2.45) is 0 Å². The van der Waals surface area contributed by atoms with Gasteiger partial charge in [-0.3, -0.25) is 0 Å².